The monoisotopic (exact) mass is 508 g/mol. The van der Waals surface area contributed by atoms with E-state index in [-0.39, 0.29) is 11.1 Å². The molecular weight excluding hydrogens is 488 g/mol. The molecule has 0 radical (unpaired) electrons. The van der Waals surface area contributed by atoms with Gasteiger partial charge in [0.15, 0.2) is 0 Å². The second-order valence-electron chi connectivity index (χ2n) is 9.03. The summed E-state index contributed by atoms with van der Waals surface area (Å²) in [5.74, 6) is 0. The molecule has 0 fully saturated rings. The molecule has 6 aromatic carbocycles. The Morgan fingerprint density at radius 3 is 0.900 bits per heavy atom. The van der Waals surface area contributed by atoms with Gasteiger partial charge in [-0.05, 0) is 78.5 Å². The number of allylic oxidation sites excluding steroid dienone is 2. The summed E-state index contributed by atoms with van der Waals surface area (Å²) in [5, 5.41) is 44.6. The van der Waals surface area contributed by atoms with Gasteiger partial charge in [0.1, 0.15) is 35.4 Å². The van der Waals surface area contributed by atoms with E-state index in [0.717, 1.165) is 54.2 Å². The van der Waals surface area contributed by atoms with Gasteiger partial charge in [0.2, 0.25) is 0 Å². The minimum atomic E-state index is 0.117. The molecule has 0 aliphatic heterocycles. The number of hydrogen-bond acceptors (Lipinski definition) is 4. The highest BCUT2D eigenvalue weighted by molar-refractivity contribution is 6.08. The first-order valence-electron chi connectivity index (χ1n) is 12.5. The third-order valence-electron chi connectivity index (χ3n) is 6.69. The Morgan fingerprint density at radius 2 is 0.650 bits per heavy atom. The predicted molar refractivity (Wildman–Crippen MR) is 161 cm³/mol. The zero-order valence-corrected chi connectivity index (χ0v) is 21.3. The molecule has 0 aromatic heterocycles. The molecule has 0 aliphatic carbocycles. The van der Waals surface area contributed by atoms with Crippen LogP contribution >= 0.6 is 0 Å². The van der Waals surface area contributed by atoms with E-state index in [1.165, 1.54) is 0 Å². The first kappa shape index (κ1) is 25.4. The van der Waals surface area contributed by atoms with Crippen LogP contribution in [-0.4, -0.2) is 0 Å². The van der Waals surface area contributed by atoms with Crippen molar-refractivity contribution in [2.24, 2.45) is 0 Å². The van der Waals surface area contributed by atoms with Crippen LogP contribution in [-0.2, 0) is 0 Å². The van der Waals surface area contributed by atoms with Crippen LogP contribution in [0.2, 0.25) is 0 Å². The lowest BCUT2D eigenvalue weighted by Crippen LogP contribution is -1.84. The van der Waals surface area contributed by atoms with Gasteiger partial charge in [-0.3, -0.25) is 0 Å². The van der Waals surface area contributed by atoms with Crippen molar-refractivity contribution in [3.63, 3.8) is 0 Å². The fraction of sp³-hybridized carbons (Fsp3) is 0. The second-order valence-corrected chi connectivity index (χ2v) is 9.03. The topological polar surface area (TPSA) is 95.2 Å². The summed E-state index contributed by atoms with van der Waals surface area (Å²) < 4.78 is 0. The Morgan fingerprint density at radius 1 is 0.400 bits per heavy atom. The predicted octanol–water partition coefficient (Wildman–Crippen LogP) is 8.85. The van der Waals surface area contributed by atoms with Gasteiger partial charge >= 0.3 is 0 Å². The van der Waals surface area contributed by atoms with Crippen LogP contribution in [0.15, 0.2) is 120 Å². The molecule has 184 valence electrons. The molecule has 0 N–H and O–H groups in total. The summed E-state index contributed by atoms with van der Waals surface area (Å²) in [6.07, 6.45) is 3.34. The van der Waals surface area contributed by atoms with Gasteiger partial charge in [0, 0.05) is 0 Å². The van der Waals surface area contributed by atoms with E-state index in [2.05, 4.69) is 12.1 Å². The van der Waals surface area contributed by atoms with Crippen molar-refractivity contribution in [2.75, 3.05) is 0 Å². The number of rotatable bonds is 2. The minimum Gasteiger partial charge on any atom is -0.192 e. The van der Waals surface area contributed by atoms with E-state index in [9.17, 15) is 0 Å². The van der Waals surface area contributed by atoms with Gasteiger partial charge in [0.05, 0.1) is 0 Å². The van der Waals surface area contributed by atoms with Crippen molar-refractivity contribution in [1.82, 2.24) is 0 Å². The lowest BCUT2D eigenvalue weighted by atomic mass is 9.95. The average Bonchev–Trinajstić information content (AvgIpc) is 3.01. The van der Waals surface area contributed by atoms with Crippen LogP contribution < -0.4 is 0 Å². The second kappa shape index (κ2) is 11.5. The molecule has 4 heteroatoms. The van der Waals surface area contributed by atoms with E-state index in [1.54, 1.807) is 12.2 Å². The molecule has 0 saturated heterocycles. The fourth-order valence-electron chi connectivity index (χ4n) is 4.88. The van der Waals surface area contributed by atoms with Crippen molar-refractivity contribution in [1.29, 1.82) is 21.0 Å². The smallest absolute Gasteiger partial charge is 0.130 e. The van der Waals surface area contributed by atoms with Gasteiger partial charge in [-0.15, -0.1) is 0 Å². The van der Waals surface area contributed by atoms with Crippen molar-refractivity contribution in [3.05, 3.63) is 131 Å². The quantitative estimate of drug-likeness (QED) is 0.172. The molecule has 40 heavy (non-hydrogen) atoms. The van der Waals surface area contributed by atoms with E-state index >= 15 is 0 Å². The van der Waals surface area contributed by atoms with Crippen molar-refractivity contribution in [3.8, 4) is 24.3 Å². The molecule has 0 saturated carbocycles. The summed E-state index contributed by atoms with van der Waals surface area (Å²) in [6, 6.07) is 44.0. The fourth-order valence-corrected chi connectivity index (χ4v) is 4.88. The van der Waals surface area contributed by atoms with Crippen molar-refractivity contribution < 1.29 is 0 Å². The summed E-state index contributed by atoms with van der Waals surface area (Å²) in [6.45, 7) is 0. The Bertz CT molecular complexity index is 1860. The summed E-state index contributed by atoms with van der Waals surface area (Å²) in [7, 11) is 0. The van der Waals surface area contributed by atoms with Crippen molar-refractivity contribution >= 4 is 55.2 Å². The largest absolute Gasteiger partial charge is 0.192 e. The summed E-state index contributed by atoms with van der Waals surface area (Å²) in [4.78, 5) is 0. The van der Waals surface area contributed by atoms with Gasteiger partial charge < -0.3 is 0 Å². The van der Waals surface area contributed by atoms with Crippen molar-refractivity contribution in [2.45, 2.75) is 0 Å². The number of nitrogens with zero attached hydrogens (tertiary/aromatic N) is 4. The first-order valence-corrected chi connectivity index (χ1v) is 12.5. The molecule has 6 rings (SSSR count). The zero-order valence-electron chi connectivity index (χ0n) is 21.3. The Kier molecular flexibility index (Phi) is 7.29. The standard InChI is InChI=1S/2C18H10N2/c2*19-11-13(12-20)9-18-16-7-3-1-5-14(16)10-15-6-2-4-8-17(15)18/h2*1-10H. The van der Waals surface area contributed by atoms with Gasteiger partial charge in [0.25, 0.3) is 0 Å². The number of benzene rings is 6. The highest BCUT2D eigenvalue weighted by Gasteiger charge is 2.08. The van der Waals surface area contributed by atoms with E-state index in [0.29, 0.717) is 0 Å². The van der Waals surface area contributed by atoms with Crippen LogP contribution in [0.25, 0.3) is 55.2 Å². The molecule has 0 spiro atoms. The van der Waals surface area contributed by atoms with Crippen LogP contribution in [0.4, 0.5) is 0 Å². The number of hydrogen-bond donors (Lipinski definition) is 0. The maximum atomic E-state index is 8.99. The van der Waals surface area contributed by atoms with E-state index < -0.39 is 0 Å². The van der Waals surface area contributed by atoms with Crippen LogP contribution in [0, 0.1) is 45.3 Å². The lowest BCUT2D eigenvalue weighted by Gasteiger charge is -2.08. The zero-order chi connectivity index (χ0) is 27.9. The van der Waals surface area contributed by atoms with Gasteiger partial charge in [-0.1, -0.05) is 97.1 Å². The highest BCUT2D eigenvalue weighted by atomic mass is 14.3. The number of fused-ring (bicyclic) bond motifs is 4. The molecule has 0 amide bonds. The summed E-state index contributed by atoms with van der Waals surface area (Å²) in [5.41, 5.74) is 2.09. The lowest BCUT2D eigenvalue weighted by molar-refractivity contribution is 1.47. The molecule has 0 atom stereocenters. The van der Waals surface area contributed by atoms with Crippen LogP contribution in [0.3, 0.4) is 0 Å². The molecule has 0 bridgehead atoms. The maximum Gasteiger partial charge on any atom is 0.130 e. The molecule has 0 heterocycles. The minimum absolute atomic E-state index is 0.117. The van der Waals surface area contributed by atoms with Crippen LogP contribution in [0.1, 0.15) is 11.1 Å². The van der Waals surface area contributed by atoms with E-state index in [4.69, 9.17) is 21.0 Å². The third-order valence-corrected chi connectivity index (χ3v) is 6.69. The highest BCUT2D eigenvalue weighted by Crippen LogP contribution is 2.31. The van der Waals surface area contributed by atoms with Crippen LogP contribution in [0.5, 0.6) is 0 Å². The Balaban J connectivity index is 0.000000161. The molecule has 0 unspecified atom stereocenters. The molecular formula is C36H20N4. The van der Waals surface area contributed by atoms with E-state index in [1.807, 2.05) is 121 Å². The van der Waals surface area contributed by atoms with Gasteiger partial charge in [-0.2, -0.15) is 21.0 Å². The molecule has 4 nitrogen and oxygen atoms in total. The third kappa shape index (κ3) is 4.98. The Labute approximate surface area is 231 Å². The first-order chi connectivity index (χ1) is 19.7. The Hall–Kier alpha value is -6.20. The molecule has 6 aromatic rings. The van der Waals surface area contributed by atoms with Gasteiger partial charge in [-0.25, -0.2) is 0 Å². The number of nitriles is 4. The molecule has 0 aliphatic rings. The summed E-state index contributed by atoms with van der Waals surface area (Å²) >= 11 is 0. The SMILES string of the molecule is N#CC(C#N)=Cc1c2ccccc2cc2ccccc12.N#CC(C#N)=Cc1c2ccccc2cc2ccccc12. The maximum absolute atomic E-state index is 8.99. The normalized spacial score (nSPS) is 9.90. The average molecular weight is 509 g/mol.